The number of likely N-dealkylation sites (N-methyl/N-ethyl adjacent to an activating group) is 1. The first-order valence-corrected chi connectivity index (χ1v) is 5.26. The van der Waals surface area contributed by atoms with E-state index in [9.17, 15) is 4.79 Å². The molecule has 1 N–H and O–H groups in total. The summed E-state index contributed by atoms with van der Waals surface area (Å²) in [6.07, 6.45) is 3.96. The molecule has 1 rings (SSSR count). The van der Waals surface area contributed by atoms with Crippen LogP contribution in [-0.4, -0.2) is 35.6 Å². The Labute approximate surface area is 96.0 Å². The van der Waals surface area contributed by atoms with E-state index in [-0.39, 0.29) is 0 Å². The molecule has 0 fully saturated rings. The summed E-state index contributed by atoms with van der Waals surface area (Å²) in [5.41, 5.74) is 1.12. The van der Waals surface area contributed by atoms with Gasteiger partial charge in [-0.05, 0) is 19.5 Å². The van der Waals surface area contributed by atoms with Crippen molar-refractivity contribution in [2.45, 2.75) is 13.0 Å². The third-order valence-electron chi connectivity index (χ3n) is 2.52. The molecule has 0 bridgehead atoms. The maximum absolute atomic E-state index is 10.7. The Kier molecular flexibility index (Phi) is 4.73. The summed E-state index contributed by atoms with van der Waals surface area (Å²) in [5, 5.41) is 8.80. The molecule has 0 spiro atoms. The van der Waals surface area contributed by atoms with E-state index in [1.807, 2.05) is 42.5 Å². The van der Waals surface area contributed by atoms with Crippen molar-refractivity contribution in [2.24, 2.45) is 0 Å². The summed E-state index contributed by atoms with van der Waals surface area (Å²) in [7, 11) is 1.80. The zero-order valence-corrected chi connectivity index (χ0v) is 9.63. The van der Waals surface area contributed by atoms with Crippen molar-refractivity contribution in [3.05, 3.63) is 42.0 Å². The van der Waals surface area contributed by atoms with E-state index in [1.165, 1.54) is 0 Å². The van der Waals surface area contributed by atoms with Crippen molar-refractivity contribution in [3.63, 3.8) is 0 Å². The summed E-state index contributed by atoms with van der Waals surface area (Å²) in [6.45, 7) is 2.31. The van der Waals surface area contributed by atoms with Crippen molar-refractivity contribution >= 4 is 12.0 Å². The first-order chi connectivity index (χ1) is 7.61. The number of hydrogen-bond donors (Lipinski definition) is 1. The Morgan fingerprint density at radius 3 is 2.62 bits per heavy atom. The van der Waals surface area contributed by atoms with E-state index >= 15 is 0 Å². The number of nitrogens with zero attached hydrogens (tertiary/aromatic N) is 1. The van der Waals surface area contributed by atoms with E-state index < -0.39 is 12.0 Å². The lowest BCUT2D eigenvalue weighted by molar-refractivity contribution is -0.141. The molecule has 1 aromatic carbocycles. The highest BCUT2D eigenvalue weighted by Gasteiger charge is 2.14. The number of aliphatic carboxylic acids is 1. The quantitative estimate of drug-likeness (QED) is 0.824. The Morgan fingerprint density at radius 2 is 2.06 bits per heavy atom. The second-order valence-electron chi connectivity index (χ2n) is 3.77. The highest BCUT2D eigenvalue weighted by Crippen LogP contribution is 2.02. The van der Waals surface area contributed by atoms with Gasteiger partial charge in [-0.15, -0.1) is 0 Å². The number of hydrogen-bond acceptors (Lipinski definition) is 2. The molecule has 3 heteroatoms. The molecule has 1 atom stereocenters. The van der Waals surface area contributed by atoms with Gasteiger partial charge in [0.25, 0.3) is 0 Å². The number of carboxylic acids is 1. The maximum Gasteiger partial charge on any atom is 0.320 e. The van der Waals surface area contributed by atoms with Crippen molar-refractivity contribution in [2.75, 3.05) is 13.6 Å². The van der Waals surface area contributed by atoms with E-state index in [0.29, 0.717) is 6.54 Å². The second kappa shape index (κ2) is 6.08. The largest absolute Gasteiger partial charge is 0.480 e. The fraction of sp³-hybridized carbons (Fsp3) is 0.308. The topological polar surface area (TPSA) is 40.5 Å². The van der Waals surface area contributed by atoms with Gasteiger partial charge in [-0.2, -0.15) is 0 Å². The molecule has 0 saturated heterocycles. The van der Waals surface area contributed by atoms with Crippen LogP contribution >= 0.6 is 0 Å². The average Bonchev–Trinajstić information content (AvgIpc) is 2.29. The minimum absolute atomic E-state index is 0.458. The van der Waals surface area contributed by atoms with Crippen LogP contribution in [-0.2, 0) is 4.79 Å². The molecule has 1 aromatic rings. The van der Waals surface area contributed by atoms with Crippen LogP contribution < -0.4 is 0 Å². The molecule has 0 aromatic heterocycles. The molecule has 3 nitrogen and oxygen atoms in total. The number of benzene rings is 1. The van der Waals surface area contributed by atoms with Gasteiger partial charge >= 0.3 is 5.97 Å². The van der Waals surface area contributed by atoms with Crippen LogP contribution in [0.3, 0.4) is 0 Å². The Morgan fingerprint density at radius 1 is 1.44 bits per heavy atom. The van der Waals surface area contributed by atoms with Crippen LogP contribution in [0.5, 0.6) is 0 Å². The summed E-state index contributed by atoms with van der Waals surface area (Å²) >= 11 is 0. The van der Waals surface area contributed by atoms with Crippen LogP contribution in [0.1, 0.15) is 12.5 Å². The van der Waals surface area contributed by atoms with Crippen LogP contribution in [0, 0.1) is 0 Å². The molecule has 0 heterocycles. The molecule has 0 radical (unpaired) electrons. The van der Waals surface area contributed by atoms with Gasteiger partial charge in [0.05, 0.1) is 0 Å². The molecule has 0 aliphatic heterocycles. The lowest BCUT2D eigenvalue weighted by Crippen LogP contribution is -2.35. The SMILES string of the molecule is CC(C(=O)O)N(C)CC=Cc1ccccc1. The van der Waals surface area contributed by atoms with Gasteiger partial charge < -0.3 is 5.11 Å². The van der Waals surface area contributed by atoms with Gasteiger partial charge in [0.2, 0.25) is 0 Å². The fourth-order valence-corrected chi connectivity index (χ4v) is 1.27. The van der Waals surface area contributed by atoms with Crippen molar-refractivity contribution in [1.82, 2.24) is 4.90 Å². The minimum atomic E-state index is -0.796. The number of carboxylic acid groups (broad SMARTS) is 1. The van der Waals surface area contributed by atoms with Gasteiger partial charge in [0, 0.05) is 6.54 Å². The van der Waals surface area contributed by atoms with Crippen molar-refractivity contribution in [1.29, 1.82) is 0 Å². The Balaban J connectivity index is 2.46. The van der Waals surface area contributed by atoms with Gasteiger partial charge in [0.15, 0.2) is 0 Å². The van der Waals surface area contributed by atoms with Crippen LogP contribution in [0.2, 0.25) is 0 Å². The minimum Gasteiger partial charge on any atom is -0.480 e. The van der Waals surface area contributed by atoms with Crippen LogP contribution in [0.15, 0.2) is 36.4 Å². The van der Waals surface area contributed by atoms with Gasteiger partial charge in [-0.25, -0.2) is 0 Å². The molecular weight excluding hydrogens is 202 g/mol. The lowest BCUT2D eigenvalue weighted by atomic mass is 10.2. The third-order valence-corrected chi connectivity index (χ3v) is 2.52. The zero-order chi connectivity index (χ0) is 12.0. The smallest absolute Gasteiger partial charge is 0.320 e. The van der Waals surface area contributed by atoms with E-state index in [0.717, 1.165) is 5.56 Å². The maximum atomic E-state index is 10.7. The summed E-state index contributed by atoms with van der Waals surface area (Å²) < 4.78 is 0. The van der Waals surface area contributed by atoms with E-state index in [2.05, 4.69) is 0 Å². The predicted octanol–water partition coefficient (Wildman–Crippen LogP) is 2.10. The van der Waals surface area contributed by atoms with E-state index in [1.54, 1.807) is 18.9 Å². The summed E-state index contributed by atoms with van der Waals surface area (Å²) in [6, 6.07) is 9.48. The third kappa shape index (κ3) is 3.87. The highest BCUT2D eigenvalue weighted by molar-refractivity contribution is 5.72. The second-order valence-corrected chi connectivity index (χ2v) is 3.77. The van der Waals surface area contributed by atoms with Gasteiger partial charge in [-0.3, -0.25) is 9.69 Å². The molecule has 1 unspecified atom stereocenters. The van der Waals surface area contributed by atoms with Crippen molar-refractivity contribution < 1.29 is 9.90 Å². The zero-order valence-electron chi connectivity index (χ0n) is 9.63. The molecule has 86 valence electrons. The molecular formula is C13H17NO2. The normalized spacial score (nSPS) is 13.2. The van der Waals surface area contributed by atoms with Crippen molar-refractivity contribution in [3.8, 4) is 0 Å². The summed E-state index contributed by atoms with van der Waals surface area (Å²) in [4.78, 5) is 12.5. The molecule has 0 aliphatic rings. The predicted molar refractivity (Wildman–Crippen MR) is 65.2 cm³/mol. The lowest BCUT2D eigenvalue weighted by Gasteiger charge is -2.18. The first-order valence-electron chi connectivity index (χ1n) is 5.26. The number of rotatable bonds is 5. The highest BCUT2D eigenvalue weighted by atomic mass is 16.4. The average molecular weight is 219 g/mol. The van der Waals surface area contributed by atoms with Gasteiger partial charge in [-0.1, -0.05) is 42.5 Å². The summed E-state index contributed by atoms with van der Waals surface area (Å²) in [5.74, 6) is -0.796. The Hall–Kier alpha value is -1.61. The van der Waals surface area contributed by atoms with E-state index in [4.69, 9.17) is 5.11 Å². The first kappa shape index (κ1) is 12.5. The fourth-order valence-electron chi connectivity index (χ4n) is 1.27. The van der Waals surface area contributed by atoms with Gasteiger partial charge in [0.1, 0.15) is 6.04 Å². The standard InChI is InChI=1S/C13H17NO2/c1-11(13(15)16)14(2)10-6-9-12-7-4-3-5-8-12/h3-9,11H,10H2,1-2H3,(H,15,16). The number of carbonyl (C=O) groups is 1. The monoisotopic (exact) mass is 219 g/mol. The van der Waals surface area contributed by atoms with Crippen LogP contribution in [0.25, 0.3) is 6.08 Å². The molecule has 0 amide bonds. The molecule has 0 aliphatic carbocycles. The Bertz CT molecular complexity index is 359. The molecule has 0 saturated carbocycles. The van der Waals surface area contributed by atoms with Crippen LogP contribution in [0.4, 0.5) is 0 Å². The molecule has 16 heavy (non-hydrogen) atoms.